The van der Waals surface area contributed by atoms with Gasteiger partial charge in [-0.2, -0.15) is 0 Å². The van der Waals surface area contributed by atoms with Crippen molar-refractivity contribution >= 4 is 17.4 Å². The van der Waals surface area contributed by atoms with Gasteiger partial charge in [-0.3, -0.25) is 0 Å². The van der Waals surface area contributed by atoms with Crippen molar-refractivity contribution in [2.24, 2.45) is 5.92 Å². The summed E-state index contributed by atoms with van der Waals surface area (Å²) >= 11 is 1.88. The first-order valence-corrected chi connectivity index (χ1v) is 8.48. The molecule has 3 rings (SSSR count). The van der Waals surface area contributed by atoms with Crippen LogP contribution in [-0.4, -0.2) is 12.4 Å². The van der Waals surface area contributed by atoms with Gasteiger partial charge in [0.2, 0.25) is 0 Å². The highest BCUT2D eigenvalue weighted by Crippen LogP contribution is 2.39. The molecule has 0 aromatic heterocycles. The van der Waals surface area contributed by atoms with Crippen molar-refractivity contribution in [1.29, 1.82) is 0 Å². The fraction of sp³-hybridized carbons (Fsp3) is 0.333. The fourth-order valence-electron chi connectivity index (χ4n) is 2.75. The lowest BCUT2D eigenvalue weighted by Gasteiger charge is -2.33. The molecular weight excluding hydrogens is 278 g/mol. The number of nitrogens with one attached hydrogen (secondary N) is 1. The van der Waals surface area contributed by atoms with Gasteiger partial charge in [-0.1, -0.05) is 44.2 Å². The van der Waals surface area contributed by atoms with E-state index in [-0.39, 0.29) is 0 Å². The van der Waals surface area contributed by atoms with Gasteiger partial charge in [0.1, 0.15) is 5.75 Å². The standard InChI is InChI=1S/C18H21NOS/c1-3-21-17-11-7-5-9-15(17)19-18-13(2)12-20-16-10-6-4-8-14(16)18/h4-11,13,18-19H,3,12H2,1-2H3. The summed E-state index contributed by atoms with van der Waals surface area (Å²) in [5, 5.41) is 3.74. The molecule has 0 radical (unpaired) electrons. The van der Waals surface area contributed by atoms with Gasteiger partial charge in [0.05, 0.1) is 12.6 Å². The quantitative estimate of drug-likeness (QED) is 0.804. The van der Waals surface area contributed by atoms with Crippen LogP contribution in [0.4, 0.5) is 5.69 Å². The van der Waals surface area contributed by atoms with E-state index in [0.29, 0.717) is 12.0 Å². The first kappa shape index (κ1) is 14.3. The summed E-state index contributed by atoms with van der Waals surface area (Å²) in [5.74, 6) is 2.53. The average molecular weight is 299 g/mol. The maximum Gasteiger partial charge on any atom is 0.124 e. The second-order valence-corrected chi connectivity index (χ2v) is 6.68. The van der Waals surface area contributed by atoms with Gasteiger partial charge in [-0.05, 0) is 24.0 Å². The monoisotopic (exact) mass is 299 g/mol. The number of benzene rings is 2. The minimum Gasteiger partial charge on any atom is -0.493 e. The van der Waals surface area contributed by atoms with Crippen LogP contribution in [0.5, 0.6) is 5.75 Å². The molecule has 0 fully saturated rings. The summed E-state index contributed by atoms with van der Waals surface area (Å²) in [6, 6.07) is 17.2. The predicted octanol–water partition coefficient (Wildman–Crippen LogP) is 4.98. The van der Waals surface area contributed by atoms with Crippen LogP contribution in [0.3, 0.4) is 0 Å². The molecular formula is C18H21NOS. The number of ether oxygens (including phenoxy) is 1. The van der Waals surface area contributed by atoms with E-state index in [9.17, 15) is 0 Å². The van der Waals surface area contributed by atoms with E-state index in [1.165, 1.54) is 16.1 Å². The number of hydrogen-bond acceptors (Lipinski definition) is 3. The molecule has 2 aromatic rings. The Morgan fingerprint density at radius 3 is 2.76 bits per heavy atom. The maximum absolute atomic E-state index is 5.84. The van der Waals surface area contributed by atoms with Crippen LogP contribution in [-0.2, 0) is 0 Å². The van der Waals surface area contributed by atoms with Crippen LogP contribution in [0.2, 0.25) is 0 Å². The van der Waals surface area contributed by atoms with E-state index >= 15 is 0 Å². The highest BCUT2D eigenvalue weighted by molar-refractivity contribution is 7.99. The van der Waals surface area contributed by atoms with E-state index in [0.717, 1.165) is 18.1 Å². The Morgan fingerprint density at radius 2 is 1.90 bits per heavy atom. The lowest BCUT2D eigenvalue weighted by Crippen LogP contribution is -2.28. The molecule has 0 saturated heterocycles. The molecule has 2 nitrogen and oxygen atoms in total. The Hall–Kier alpha value is -1.61. The van der Waals surface area contributed by atoms with Crippen molar-refractivity contribution in [1.82, 2.24) is 0 Å². The zero-order chi connectivity index (χ0) is 14.7. The van der Waals surface area contributed by atoms with Gasteiger partial charge >= 0.3 is 0 Å². The van der Waals surface area contributed by atoms with Crippen molar-refractivity contribution in [3.05, 3.63) is 54.1 Å². The molecule has 2 unspecified atom stereocenters. The van der Waals surface area contributed by atoms with Crippen LogP contribution in [0.25, 0.3) is 0 Å². The zero-order valence-electron chi connectivity index (χ0n) is 12.5. The topological polar surface area (TPSA) is 21.3 Å². The highest BCUT2D eigenvalue weighted by atomic mass is 32.2. The van der Waals surface area contributed by atoms with Gasteiger partial charge in [0.25, 0.3) is 0 Å². The Kier molecular flexibility index (Phi) is 4.39. The molecule has 0 bridgehead atoms. The molecule has 1 aliphatic rings. The Morgan fingerprint density at radius 1 is 1.14 bits per heavy atom. The number of rotatable bonds is 4. The number of hydrogen-bond donors (Lipinski definition) is 1. The molecule has 1 aliphatic heterocycles. The van der Waals surface area contributed by atoms with Gasteiger partial charge in [0, 0.05) is 22.1 Å². The molecule has 0 amide bonds. The van der Waals surface area contributed by atoms with Gasteiger partial charge in [-0.15, -0.1) is 11.8 Å². The second-order valence-electron chi connectivity index (χ2n) is 5.38. The van der Waals surface area contributed by atoms with E-state index in [2.05, 4.69) is 61.6 Å². The fourth-order valence-corrected chi connectivity index (χ4v) is 3.52. The molecule has 2 atom stereocenters. The van der Waals surface area contributed by atoms with Crippen molar-refractivity contribution < 1.29 is 4.74 Å². The van der Waals surface area contributed by atoms with Crippen molar-refractivity contribution in [3.8, 4) is 5.75 Å². The largest absolute Gasteiger partial charge is 0.493 e. The lowest BCUT2D eigenvalue weighted by atomic mass is 9.92. The van der Waals surface area contributed by atoms with Crippen molar-refractivity contribution in [2.45, 2.75) is 24.8 Å². The highest BCUT2D eigenvalue weighted by Gasteiger charge is 2.27. The van der Waals surface area contributed by atoms with E-state index in [4.69, 9.17) is 4.74 Å². The third-order valence-electron chi connectivity index (χ3n) is 3.82. The normalized spacial score (nSPS) is 20.5. The molecule has 21 heavy (non-hydrogen) atoms. The van der Waals surface area contributed by atoms with Crippen LogP contribution in [0, 0.1) is 5.92 Å². The second kappa shape index (κ2) is 6.44. The Labute approximate surface area is 130 Å². The summed E-state index contributed by atoms with van der Waals surface area (Å²) in [6.07, 6.45) is 0. The molecule has 0 spiro atoms. The van der Waals surface area contributed by atoms with E-state index in [1.54, 1.807) is 0 Å². The number of thioether (sulfide) groups is 1. The van der Waals surface area contributed by atoms with E-state index in [1.807, 2.05) is 17.8 Å². The van der Waals surface area contributed by atoms with Crippen LogP contribution < -0.4 is 10.1 Å². The Balaban J connectivity index is 1.91. The van der Waals surface area contributed by atoms with Crippen molar-refractivity contribution in [2.75, 3.05) is 17.7 Å². The average Bonchev–Trinajstić information content (AvgIpc) is 2.52. The third kappa shape index (κ3) is 3.03. The maximum atomic E-state index is 5.84. The molecule has 1 N–H and O–H groups in total. The smallest absolute Gasteiger partial charge is 0.124 e. The number of para-hydroxylation sites is 2. The van der Waals surface area contributed by atoms with Crippen LogP contribution >= 0.6 is 11.8 Å². The summed E-state index contributed by atoms with van der Waals surface area (Å²) in [6.45, 7) is 5.19. The van der Waals surface area contributed by atoms with Gasteiger partial charge in [-0.25, -0.2) is 0 Å². The predicted molar refractivity (Wildman–Crippen MR) is 90.3 cm³/mol. The van der Waals surface area contributed by atoms with Gasteiger partial charge in [0.15, 0.2) is 0 Å². The molecule has 1 heterocycles. The molecule has 2 aromatic carbocycles. The number of anilines is 1. The lowest BCUT2D eigenvalue weighted by molar-refractivity contribution is 0.214. The summed E-state index contributed by atoms with van der Waals surface area (Å²) in [7, 11) is 0. The van der Waals surface area contributed by atoms with Crippen LogP contribution in [0.1, 0.15) is 25.5 Å². The van der Waals surface area contributed by atoms with E-state index < -0.39 is 0 Å². The zero-order valence-corrected chi connectivity index (χ0v) is 13.3. The summed E-state index contributed by atoms with van der Waals surface area (Å²) < 4.78 is 5.84. The first-order chi connectivity index (χ1) is 10.3. The summed E-state index contributed by atoms with van der Waals surface area (Å²) in [5.41, 5.74) is 2.48. The summed E-state index contributed by atoms with van der Waals surface area (Å²) in [4.78, 5) is 1.32. The van der Waals surface area contributed by atoms with Crippen LogP contribution in [0.15, 0.2) is 53.4 Å². The third-order valence-corrected chi connectivity index (χ3v) is 4.78. The first-order valence-electron chi connectivity index (χ1n) is 7.49. The molecule has 3 heteroatoms. The Bertz CT molecular complexity index is 614. The number of fused-ring (bicyclic) bond motifs is 1. The molecule has 0 saturated carbocycles. The minimum absolute atomic E-state index is 0.300. The molecule has 110 valence electrons. The SMILES string of the molecule is CCSc1ccccc1NC1c2ccccc2OCC1C. The molecule has 0 aliphatic carbocycles. The minimum atomic E-state index is 0.300. The van der Waals surface area contributed by atoms with Gasteiger partial charge < -0.3 is 10.1 Å². The van der Waals surface area contributed by atoms with Crippen molar-refractivity contribution in [3.63, 3.8) is 0 Å².